The summed E-state index contributed by atoms with van der Waals surface area (Å²) in [6, 6.07) is 0. The Kier molecular flexibility index (Phi) is 2.10. The number of fused-ring (bicyclic) bond motifs is 1. The van der Waals surface area contributed by atoms with Crippen LogP contribution in [0, 0.1) is 0 Å². The van der Waals surface area contributed by atoms with Gasteiger partial charge in [0, 0.05) is 6.54 Å². The Bertz CT molecular complexity index is 448. The summed E-state index contributed by atoms with van der Waals surface area (Å²) in [5.74, 6) is 0. The van der Waals surface area contributed by atoms with Gasteiger partial charge in [-0.15, -0.1) is 6.58 Å². The summed E-state index contributed by atoms with van der Waals surface area (Å²) in [6.07, 6.45) is 5.04. The van der Waals surface area contributed by atoms with E-state index in [1.807, 2.05) is 4.57 Å². The lowest BCUT2D eigenvalue weighted by Crippen LogP contribution is -1.94. The average Bonchev–Trinajstić information content (AvgIpc) is 2.51. The highest BCUT2D eigenvalue weighted by molar-refractivity contribution is 9.10. The molecular formula is C8H7BrN4. The maximum atomic E-state index is 4.18. The minimum atomic E-state index is 0.708. The highest BCUT2D eigenvalue weighted by Gasteiger charge is 2.05. The summed E-state index contributed by atoms with van der Waals surface area (Å²) in [7, 11) is 0. The molecule has 0 fully saturated rings. The van der Waals surface area contributed by atoms with E-state index in [0.29, 0.717) is 6.54 Å². The Morgan fingerprint density at radius 2 is 2.31 bits per heavy atom. The van der Waals surface area contributed by atoms with Gasteiger partial charge in [-0.2, -0.15) is 0 Å². The molecule has 0 unspecified atom stereocenters. The Hall–Kier alpha value is -1.23. The molecule has 0 saturated heterocycles. The molecule has 2 heterocycles. The zero-order valence-electron chi connectivity index (χ0n) is 6.81. The van der Waals surface area contributed by atoms with E-state index < -0.39 is 0 Å². The van der Waals surface area contributed by atoms with Gasteiger partial charge in [0.05, 0.1) is 6.33 Å². The molecule has 0 saturated carbocycles. The number of hydrogen-bond donors (Lipinski definition) is 0. The van der Waals surface area contributed by atoms with Gasteiger partial charge in [-0.1, -0.05) is 6.08 Å². The van der Waals surface area contributed by atoms with E-state index in [0.717, 1.165) is 15.8 Å². The van der Waals surface area contributed by atoms with E-state index in [4.69, 9.17) is 0 Å². The minimum absolute atomic E-state index is 0.708. The van der Waals surface area contributed by atoms with E-state index in [2.05, 4.69) is 37.5 Å². The fraction of sp³-hybridized carbons (Fsp3) is 0.125. The van der Waals surface area contributed by atoms with Crippen LogP contribution >= 0.6 is 15.9 Å². The SMILES string of the molecule is C=CCn1cnc2c(Br)ncnc21. The molecule has 66 valence electrons. The largest absolute Gasteiger partial charge is 0.311 e. The molecule has 0 radical (unpaired) electrons. The summed E-state index contributed by atoms with van der Waals surface area (Å²) in [6.45, 7) is 4.37. The Morgan fingerprint density at radius 1 is 1.46 bits per heavy atom. The van der Waals surface area contributed by atoms with Gasteiger partial charge in [-0.3, -0.25) is 0 Å². The number of halogens is 1. The van der Waals surface area contributed by atoms with E-state index >= 15 is 0 Å². The van der Waals surface area contributed by atoms with Gasteiger partial charge in [0.1, 0.15) is 16.4 Å². The molecule has 0 atom stereocenters. The Labute approximate surface area is 83.5 Å². The molecule has 2 aromatic heterocycles. The predicted octanol–water partition coefficient (Wildman–Crippen LogP) is 1.77. The van der Waals surface area contributed by atoms with Crippen molar-refractivity contribution >= 4 is 27.1 Å². The molecule has 0 amide bonds. The second-order valence-electron chi connectivity index (χ2n) is 2.52. The first-order valence-corrected chi connectivity index (χ1v) is 4.54. The number of allylic oxidation sites excluding steroid dienone is 1. The third-order valence-electron chi connectivity index (χ3n) is 1.68. The van der Waals surface area contributed by atoms with Crippen LogP contribution in [-0.4, -0.2) is 19.5 Å². The third-order valence-corrected chi connectivity index (χ3v) is 2.26. The molecule has 5 heteroatoms. The fourth-order valence-corrected chi connectivity index (χ4v) is 1.50. The molecule has 0 aliphatic carbocycles. The van der Waals surface area contributed by atoms with Gasteiger partial charge in [0.2, 0.25) is 0 Å². The molecule has 4 nitrogen and oxygen atoms in total. The zero-order valence-corrected chi connectivity index (χ0v) is 8.40. The van der Waals surface area contributed by atoms with Crippen LogP contribution in [0.4, 0.5) is 0 Å². The quantitative estimate of drug-likeness (QED) is 0.592. The smallest absolute Gasteiger partial charge is 0.164 e. The zero-order chi connectivity index (χ0) is 9.26. The van der Waals surface area contributed by atoms with Gasteiger partial charge in [0.15, 0.2) is 5.65 Å². The first-order valence-electron chi connectivity index (χ1n) is 3.75. The number of imidazole rings is 1. The van der Waals surface area contributed by atoms with E-state index in [-0.39, 0.29) is 0 Å². The number of aromatic nitrogens is 4. The molecule has 0 spiro atoms. The van der Waals surface area contributed by atoms with Gasteiger partial charge >= 0.3 is 0 Å². The van der Waals surface area contributed by atoms with Gasteiger partial charge < -0.3 is 4.57 Å². The molecule has 0 aliphatic heterocycles. The molecule has 0 N–H and O–H groups in total. The van der Waals surface area contributed by atoms with Gasteiger partial charge in [0.25, 0.3) is 0 Å². The monoisotopic (exact) mass is 238 g/mol. The lowest BCUT2D eigenvalue weighted by atomic mass is 10.5. The van der Waals surface area contributed by atoms with Crippen molar-refractivity contribution in [2.45, 2.75) is 6.54 Å². The molecule has 0 bridgehead atoms. The van der Waals surface area contributed by atoms with E-state index in [1.165, 1.54) is 6.33 Å². The summed E-state index contributed by atoms with van der Waals surface area (Å²) >= 11 is 3.31. The maximum Gasteiger partial charge on any atom is 0.164 e. The van der Waals surface area contributed by atoms with E-state index in [1.54, 1.807) is 12.4 Å². The van der Waals surface area contributed by atoms with Gasteiger partial charge in [-0.05, 0) is 15.9 Å². The highest BCUT2D eigenvalue weighted by Crippen LogP contribution is 2.17. The van der Waals surface area contributed by atoms with E-state index in [9.17, 15) is 0 Å². The average molecular weight is 239 g/mol. The van der Waals surface area contributed by atoms with Crippen molar-refractivity contribution in [3.8, 4) is 0 Å². The summed E-state index contributed by atoms with van der Waals surface area (Å²) < 4.78 is 2.63. The van der Waals surface area contributed by atoms with Crippen LogP contribution < -0.4 is 0 Å². The van der Waals surface area contributed by atoms with Crippen molar-refractivity contribution in [3.63, 3.8) is 0 Å². The molecule has 2 aromatic rings. The number of hydrogen-bond acceptors (Lipinski definition) is 3. The van der Waals surface area contributed by atoms with Crippen LogP contribution in [0.2, 0.25) is 0 Å². The standard InChI is InChI=1S/C8H7BrN4/c1-2-3-13-5-12-6-7(9)10-4-11-8(6)13/h2,4-5H,1,3H2. The van der Waals surface area contributed by atoms with Crippen molar-refractivity contribution in [2.75, 3.05) is 0 Å². The fourth-order valence-electron chi connectivity index (χ4n) is 1.12. The van der Waals surface area contributed by atoms with Crippen LogP contribution in [-0.2, 0) is 6.54 Å². The van der Waals surface area contributed by atoms with Crippen molar-refractivity contribution in [2.24, 2.45) is 0 Å². The van der Waals surface area contributed by atoms with Crippen molar-refractivity contribution in [1.82, 2.24) is 19.5 Å². The second kappa shape index (κ2) is 3.26. The molecule has 0 aliphatic rings. The lowest BCUT2D eigenvalue weighted by Gasteiger charge is -1.97. The molecule has 13 heavy (non-hydrogen) atoms. The third kappa shape index (κ3) is 1.35. The molecule has 0 aromatic carbocycles. The van der Waals surface area contributed by atoms with Crippen LogP contribution in [0.25, 0.3) is 11.2 Å². The summed E-state index contributed by atoms with van der Waals surface area (Å²) in [5, 5.41) is 0. The second-order valence-corrected chi connectivity index (χ2v) is 3.27. The molecule has 2 rings (SSSR count). The topological polar surface area (TPSA) is 43.6 Å². The van der Waals surface area contributed by atoms with Crippen molar-refractivity contribution in [1.29, 1.82) is 0 Å². The lowest BCUT2D eigenvalue weighted by molar-refractivity contribution is 0.838. The number of nitrogens with zero attached hydrogens (tertiary/aromatic N) is 4. The van der Waals surface area contributed by atoms with Crippen molar-refractivity contribution < 1.29 is 0 Å². The minimum Gasteiger partial charge on any atom is -0.311 e. The first kappa shape index (κ1) is 8.37. The predicted molar refractivity (Wildman–Crippen MR) is 53.2 cm³/mol. The summed E-state index contributed by atoms with van der Waals surface area (Å²) in [5.41, 5.74) is 1.60. The maximum absolute atomic E-state index is 4.18. The number of rotatable bonds is 2. The Morgan fingerprint density at radius 3 is 3.08 bits per heavy atom. The van der Waals surface area contributed by atoms with Gasteiger partial charge in [-0.25, -0.2) is 15.0 Å². The Balaban J connectivity index is 2.67. The van der Waals surface area contributed by atoms with Crippen LogP contribution in [0.1, 0.15) is 0 Å². The first-order chi connectivity index (χ1) is 6.33. The van der Waals surface area contributed by atoms with Crippen LogP contribution in [0.5, 0.6) is 0 Å². The van der Waals surface area contributed by atoms with Crippen molar-refractivity contribution in [3.05, 3.63) is 29.9 Å². The van der Waals surface area contributed by atoms with Crippen LogP contribution in [0.15, 0.2) is 29.9 Å². The van der Waals surface area contributed by atoms with Crippen LogP contribution in [0.3, 0.4) is 0 Å². The normalized spacial score (nSPS) is 10.5. The highest BCUT2D eigenvalue weighted by atomic mass is 79.9. The summed E-state index contributed by atoms with van der Waals surface area (Å²) in [4.78, 5) is 12.3. The molecular weight excluding hydrogens is 232 g/mol.